The standard InChI is InChI=1S/C8H7ClN4O/c1-2-3-11-8(14)5-6(9)12-4-13-7(5)10/h1,4H,3H2,(H,11,14)(H2,10,12,13). The number of terminal acetylenes is 1. The Labute approximate surface area is 85.7 Å². The number of halogens is 1. The normalized spacial score (nSPS) is 9.14. The molecule has 1 amide bonds. The first-order valence-electron chi connectivity index (χ1n) is 3.64. The Hall–Kier alpha value is -1.80. The molecule has 0 aromatic carbocycles. The zero-order valence-corrected chi connectivity index (χ0v) is 7.88. The fourth-order valence-corrected chi connectivity index (χ4v) is 1.03. The summed E-state index contributed by atoms with van der Waals surface area (Å²) in [6, 6.07) is 0. The van der Waals surface area contributed by atoms with Gasteiger partial charge < -0.3 is 11.1 Å². The number of nitrogens with one attached hydrogen (secondary N) is 1. The molecule has 0 atom stereocenters. The van der Waals surface area contributed by atoms with Crippen LogP contribution in [0, 0.1) is 12.3 Å². The van der Waals surface area contributed by atoms with E-state index in [0.717, 1.165) is 0 Å². The molecule has 1 heterocycles. The maximum Gasteiger partial charge on any atom is 0.258 e. The highest BCUT2D eigenvalue weighted by Gasteiger charge is 2.14. The molecule has 1 rings (SSSR count). The van der Waals surface area contributed by atoms with Gasteiger partial charge in [0.1, 0.15) is 22.9 Å². The topological polar surface area (TPSA) is 80.9 Å². The third-order valence-corrected chi connectivity index (χ3v) is 1.69. The molecule has 0 saturated carbocycles. The maximum atomic E-state index is 11.4. The zero-order valence-electron chi connectivity index (χ0n) is 7.12. The highest BCUT2D eigenvalue weighted by atomic mass is 35.5. The van der Waals surface area contributed by atoms with E-state index in [1.807, 2.05) is 0 Å². The van der Waals surface area contributed by atoms with Crippen molar-refractivity contribution >= 4 is 23.3 Å². The van der Waals surface area contributed by atoms with Crippen molar-refractivity contribution in [2.75, 3.05) is 12.3 Å². The lowest BCUT2D eigenvalue weighted by Gasteiger charge is -2.04. The van der Waals surface area contributed by atoms with Gasteiger partial charge in [-0.25, -0.2) is 9.97 Å². The number of hydrogen-bond acceptors (Lipinski definition) is 4. The van der Waals surface area contributed by atoms with Crippen molar-refractivity contribution in [1.82, 2.24) is 15.3 Å². The summed E-state index contributed by atoms with van der Waals surface area (Å²) in [5, 5.41) is 2.42. The van der Waals surface area contributed by atoms with Gasteiger partial charge in [0.25, 0.3) is 5.91 Å². The predicted molar refractivity (Wildman–Crippen MR) is 52.6 cm³/mol. The molecular formula is C8H7ClN4O. The average molecular weight is 211 g/mol. The minimum Gasteiger partial charge on any atom is -0.383 e. The Kier molecular flexibility index (Phi) is 3.26. The number of hydrogen-bond donors (Lipinski definition) is 2. The van der Waals surface area contributed by atoms with Crippen LogP contribution < -0.4 is 11.1 Å². The predicted octanol–water partition coefficient (Wildman–Crippen LogP) is 0.0752. The summed E-state index contributed by atoms with van der Waals surface area (Å²) in [6.07, 6.45) is 6.15. The van der Waals surface area contributed by atoms with Crippen molar-refractivity contribution in [2.45, 2.75) is 0 Å². The van der Waals surface area contributed by atoms with E-state index in [1.54, 1.807) is 0 Å². The summed E-state index contributed by atoms with van der Waals surface area (Å²) in [5.41, 5.74) is 5.49. The Morgan fingerprint density at radius 3 is 3.00 bits per heavy atom. The highest BCUT2D eigenvalue weighted by molar-refractivity contribution is 6.33. The first-order chi connectivity index (χ1) is 6.66. The van der Waals surface area contributed by atoms with Crippen LogP contribution in [0.25, 0.3) is 0 Å². The summed E-state index contributed by atoms with van der Waals surface area (Å²) in [6.45, 7) is 0.101. The molecular weight excluding hydrogens is 204 g/mol. The summed E-state index contributed by atoms with van der Waals surface area (Å²) < 4.78 is 0. The van der Waals surface area contributed by atoms with Crippen LogP contribution in [0.3, 0.4) is 0 Å². The Morgan fingerprint density at radius 1 is 1.71 bits per heavy atom. The van der Waals surface area contributed by atoms with Crippen molar-refractivity contribution in [3.8, 4) is 12.3 Å². The van der Waals surface area contributed by atoms with E-state index in [1.165, 1.54) is 6.33 Å². The van der Waals surface area contributed by atoms with Crippen molar-refractivity contribution in [1.29, 1.82) is 0 Å². The number of rotatable bonds is 2. The van der Waals surface area contributed by atoms with E-state index in [0.29, 0.717) is 0 Å². The molecule has 0 bridgehead atoms. The van der Waals surface area contributed by atoms with Gasteiger partial charge in [0.15, 0.2) is 0 Å². The van der Waals surface area contributed by atoms with Crippen LogP contribution in [0.4, 0.5) is 5.82 Å². The van der Waals surface area contributed by atoms with Crippen molar-refractivity contribution in [3.05, 3.63) is 17.0 Å². The van der Waals surface area contributed by atoms with Gasteiger partial charge in [0.05, 0.1) is 6.54 Å². The fraction of sp³-hybridized carbons (Fsp3) is 0.125. The molecule has 0 unspecified atom stereocenters. The lowest BCUT2D eigenvalue weighted by molar-refractivity contribution is 0.0959. The van der Waals surface area contributed by atoms with Crippen LogP contribution in [0.2, 0.25) is 5.15 Å². The molecule has 0 aliphatic rings. The monoisotopic (exact) mass is 210 g/mol. The molecule has 5 nitrogen and oxygen atoms in total. The minimum absolute atomic E-state index is 0.00650. The first kappa shape index (κ1) is 10.3. The minimum atomic E-state index is -0.481. The van der Waals surface area contributed by atoms with E-state index in [4.69, 9.17) is 23.8 Å². The number of carbonyl (C=O) groups is 1. The van der Waals surface area contributed by atoms with Crippen LogP contribution in [-0.2, 0) is 0 Å². The third-order valence-electron chi connectivity index (χ3n) is 1.41. The number of nitrogens with zero attached hydrogens (tertiary/aromatic N) is 2. The SMILES string of the molecule is C#CCNC(=O)c1c(N)ncnc1Cl. The smallest absolute Gasteiger partial charge is 0.258 e. The second-order valence-electron chi connectivity index (χ2n) is 2.31. The first-order valence-corrected chi connectivity index (χ1v) is 4.02. The van der Waals surface area contributed by atoms with Crippen molar-refractivity contribution in [2.24, 2.45) is 0 Å². The summed E-state index contributed by atoms with van der Waals surface area (Å²) in [7, 11) is 0. The zero-order chi connectivity index (χ0) is 10.6. The van der Waals surface area contributed by atoms with Gasteiger partial charge in [-0.1, -0.05) is 17.5 Å². The second-order valence-corrected chi connectivity index (χ2v) is 2.67. The van der Waals surface area contributed by atoms with Crippen LogP contribution in [0.15, 0.2) is 6.33 Å². The molecule has 72 valence electrons. The molecule has 0 fully saturated rings. The van der Waals surface area contributed by atoms with E-state index >= 15 is 0 Å². The lowest BCUT2D eigenvalue weighted by atomic mass is 10.3. The van der Waals surface area contributed by atoms with Gasteiger partial charge in [-0.2, -0.15) is 0 Å². The largest absolute Gasteiger partial charge is 0.383 e. The molecule has 6 heteroatoms. The lowest BCUT2D eigenvalue weighted by Crippen LogP contribution is -2.25. The van der Waals surface area contributed by atoms with Gasteiger partial charge >= 0.3 is 0 Å². The van der Waals surface area contributed by atoms with Crippen LogP contribution in [0.5, 0.6) is 0 Å². The van der Waals surface area contributed by atoms with Gasteiger partial charge in [0.2, 0.25) is 0 Å². The van der Waals surface area contributed by atoms with E-state index in [9.17, 15) is 4.79 Å². The molecule has 0 radical (unpaired) electrons. The van der Waals surface area contributed by atoms with Gasteiger partial charge in [0, 0.05) is 0 Å². The molecule has 14 heavy (non-hydrogen) atoms. The Morgan fingerprint density at radius 2 is 2.43 bits per heavy atom. The number of aromatic nitrogens is 2. The van der Waals surface area contributed by atoms with Gasteiger partial charge in [-0.05, 0) is 0 Å². The average Bonchev–Trinajstić information content (AvgIpc) is 2.14. The second kappa shape index (κ2) is 4.44. The quantitative estimate of drug-likeness (QED) is 0.535. The number of nitrogen functional groups attached to an aromatic ring is 1. The van der Waals surface area contributed by atoms with Crippen molar-refractivity contribution in [3.63, 3.8) is 0 Å². The van der Waals surface area contributed by atoms with E-state index in [2.05, 4.69) is 21.2 Å². The number of amides is 1. The fourth-order valence-electron chi connectivity index (χ4n) is 0.806. The number of nitrogens with two attached hydrogens (primary N) is 1. The van der Waals surface area contributed by atoms with Crippen molar-refractivity contribution < 1.29 is 4.79 Å². The van der Waals surface area contributed by atoms with E-state index < -0.39 is 5.91 Å². The molecule has 1 aromatic rings. The molecule has 0 aliphatic carbocycles. The third kappa shape index (κ3) is 2.12. The van der Waals surface area contributed by atoms with Crippen LogP contribution >= 0.6 is 11.6 Å². The maximum absolute atomic E-state index is 11.4. The van der Waals surface area contributed by atoms with Gasteiger partial charge in [-0.15, -0.1) is 6.42 Å². The molecule has 1 aromatic heterocycles. The summed E-state index contributed by atoms with van der Waals surface area (Å²) in [5.74, 6) is 1.80. The molecule has 0 aliphatic heterocycles. The van der Waals surface area contributed by atoms with Crippen LogP contribution in [0.1, 0.15) is 10.4 Å². The molecule has 0 spiro atoms. The van der Waals surface area contributed by atoms with E-state index in [-0.39, 0.29) is 23.1 Å². The Balaban J connectivity index is 2.95. The molecule has 0 saturated heterocycles. The number of carbonyl (C=O) groups excluding carboxylic acids is 1. The number of anilines is 1. The Bertz CT molecular complexity index is 379. The highest BCUT2D eigenvalue weighted by Crippen LogP contribution is 2.16. The summed E-state index contributed by atoms with van der Waals surface area (Å²) >= 11 is 5.66. The molecule has 3 N–H and O–H groups in total. The van der Waals surface area contributed by atoms with Crippen LogP contribution in [-0.4, -0.2) is 22.4 Å². The summed E-state index contributed by atoms with van der Waals surface area (Å²) in [4.78, 5) is 18.7. The van der Waals surface area contributed by atoms with Gasteiger partial charge in [-0.3, -0.25) is 4.79 Å².